The number of hydrogen-bond donors (Lipinski definition) is 1. The van der Waals surface area contributed by atoms with E-state index >= 15 is 0 Å². The molecule has 23 heavy (non-hydrogen) atoms. The Bertz CT molecular complexity index is 832. The molecule has 0 radical (unpaired) electrons. The number of rotatable bonds is 3. The van der Waals surface area contributed by atoms with Crippen molar-refractivity contribution in [2.45, 2.75) is 20.8 Å². The summed E-state index contributed by atoms with van der Waals surface area (Å²) in [6.45, 7) is 5.49. The maximum absolute atomic E-state index is 13.3. The number of nitrogens with one attached hydrogen (secondary N) is 1. The number of halogens is 1. The van der Waals surface area contributed by atoms with Crippen LogP contribution in [0.15, 0.2) is 42.0 Å². The molecule has 3 nitrogen and oxygen atoms in total. The van der Waals surface area contributed by atoms with Crippen molar-refractivity contribution in [1.82, 2.24) is 0 Å². The second-order valence-corrected chi connectivity index (χ2v) is 5.45. The summed E-state index contributed by atoms with van der Waals surface area (Å²) >= 11 is 0. The number of carbonyl (C=O) groups excluding carboxylic acids is 1. The third-order valence-electron chi connectivity index (χ3n) is 3.49. The Morgan fingerprint density at radius 3 is 2.48 bits per heavy atom. The molecule has 1 amide bonds. The van der Waals surface area contributed by atoms with Gasteiger partial charge in [-0.2, -0.15) is 5.26 Å². The third kappa shape index (κ3) is 4.04. The summed E-state index contributed by atoms with van der Waals surface area (Å²) in [7, 11) is 0. The van der Waals surface area contributed by atoms with Crippen molar-refractivity contribution in [3.05, 3.63) is 70.0 Å². The van der Waals surface area contributed by atoms with E-state index in [2.05, 4.69) is 5.32 Å². The van der Waals surface area contributed by atoms with Crippen molar-refractivity contribution in [1.29, 1.82) is 5.26 Å². The van der Waals surface area contributed by atoms with E-state index in [1.165, 1.54) is 18.2 Å². The molecule has 0 aromatic heterocycles. The summed E-state index contributed by atoms with van der Waals surface area (Å²) in [4.78, 5) is 12.3. The van der Waals surface area contributed by atoms with Crippen molar-refractivity contribution in [3.8, 4) is 6.07 Å². The van der Waals surface area contributed by atoms with E-state index in [-0.39, 0.29) is 11.4 Å². The van der Waals surface area contributed by atoms with Gasteiger partial charge in [-0.25, -0.2) is 4.39 Å². The Hall–Kier alpha value is -2.93. The van der Waals surface area contributed by atoms with Crippen LogP contribution in [0.5, 0.6) is 0 Å². The number of aryl methyl sites for hydroxylation is 3. The number of hydrogen-bond acceptors (Lipinski definition) is 2. The third-order valence-corrected chi connectivity index (χ3v) is 3.49. The van der Waals surface area contributed by atoms with Gasteiger partial charge in [-0.05, 0) is 61.7 Å². The molecule has 4 heteroatoms. The normalized spacial score (nSPS) is 11.0. The summed E-state index contributed by atoms with van der Waals surface area (Å²) in [6.07, 6.45) is 1.45. The number of anilines is 1. The van der Waals surface area contributed by atoms with Gasteiger partial charge in [0.05, 0.1) is 0 Å². The summed E-state index contributed by atoms with van der Waals surface area (Å²) in [5.41, 5.74) is 3.72. The zero-order chi connectivity index (χ0) is 17.0. The highest BCUT2D eigenvalue weighted by Crippen LogP contribution is 2.18. The van der Waals surface area contributed by atoms with Crippen molar-refractivity contribution in [2.75, 3.05) is 5.32 Å². The number of nitriles is 1. The lowest BCUT2D eigenvalue weighted by Gasteiger charge is -2.08. The Kier molecular flexibility index (Phi) is 4.92. The smallest absolute Gasteiger partial charge is 0.266 e. The molecule has 0 aliphatic heterocycles. The van der Waals surface area contributed by atoms with Crippen LogP contribution < -0.4 is 5.32 Å². The molecule has 0 atom stereocenters. The van der Waals surface area contributed by atoms with Gasteiger partial charge in [-0.1, -0.05) is 23.8 Å². The van der Waals surface area contributed by atoms with E-state index in [1.54, 1.807) is 19.1 Å². The van der Waals surface area contributed by atoms with Crippen molar-refractivity contribution < 1.29 is 9.18 Å². The molecule has 116 valence electrons. The predicted octanol–water partition coefficient (Wildman–Crippen LogP) is 4.30. The number of carbonyl (C=O) groups is 1. The fourth-order valence-electron chi connectivity index (χ4n) is 2.22. The van der Waals surface area contributed by atoms with Crippen LogP contribution in [-0.2, 0) is 4.79 Å². The second kappa shape index (κ2) is 6.89. The quantitative estimate of drug-likeness (QED) is 0.679. The lowest BCUT2D eigenvalue weighted by atomic mass is 10.1. The minimum absolute atomic E-state index is 0.0315. The molecule has 2 rings (SSSR count). The monoisotopic (exact) mass is 308 g/mol. The standard InChI is InChI=1S/C19H17FN2O/c1-12-4-7-18(14(3)8-12)22-19(23)16(11-21)10-15-5-6-17(20)13(2)9-15/h4-10H,1-3H3,(H,22,23)/b16-10-. The first-order valence-electron chi connectivity index (χ1n) is 7.17. The molecule has 1 N–H and O–H groups in total. The zero-order valence-corrected chi connectivity index (χ0v) is 13.3. The van der Waals surface area contributed by atoms with Crippen molar-refractivity contribution in [3.63, 3.8) is 0 Å². The maximum Gasteiger partial charge on any atom is 0.266 e. The van der Waals surface area contributed by atoms with Gasteiger partial charge in [-0.3, -0.25) is 4.79 Å². The summed E-state index contributed by atoms with van der Waals surface area (Å²) in [6, 6.07) is 12.0. The average molecular weight is 308 g/mol. The first-order chi connectivity index (χ1) is 10.9. The molecule has 2 aromatic rings. The van der Waals surface area contributed by atoms with Gasteiger partial charge in [0, 0.05) is 5.69 Å². The number of nitrogens with zero attached hydrogens (tertiary/aromatic N) is 1. The molecule has 0 fully saturated rings. The lowest BCUT2D eigenvalue weighted by Crippen LogP contribution is -2.14. The van der Waals surface area contributed by atoms with Crippen LogP contribution >= 0.6 is 0 Å². The highest BCUT2D eigenvalue weighted by molar-refractivity contribution is 6.09. The Morgan fingerprint density at radius 2 is 1.87 bits per heavy atom. The van der Waals surface area contributed by atoms with Crippen LogP contribution in [0.1, 0.15) is 22.3 Å². The lowest BCUT2D eigenvalue weighted by molar-refractivity contribution is -0.112. The fourth-order valence-corrected chi connectivity index (χ4v) is 2.22. The number of benzene rings is 2. The first-order valence-corrected chi connectivity index (χ1v) is 7.17. The van der Waals surface area contributed by atoms with E-state index in [1.807, 2.05) is 32.0 Å². The maximum atomic E-state index is 13.3. The molecule has 0 heterocycles. The SMILES string of the molecule is Cc1ccc(NC(=O)/C(C#N)=C\c2ccc(F)c(C)c2)c(C)c1. The van der Waals surface area contributed by atoms with Crippen molar-refractivity contribution in [2.24, 2.45) is 0 Å². The second-order valence-electron chi connectivity index (χ2n) is 5.45. The molecular formula is C19H17FN2O. The van der Waals surface area contributed by atoms with Gasteiger partial charge in [0.25, 0.3) is 5.91 Å². The molecule has 0 saturated carbocycles. The van der Waals surface area contributed by atoms with Crippen molar-refractivity contribution >= 4 is 17.7 Å². The van der Waals surface area contributed by atoms with Crippen LogP contribution in [0.4, 0.5) is 10.1 Å². The fraction of sp³-hybridized carbons (Fsp3) is 0.158. The summed E-state index contributed by atoms with van der Waals surface area (Å²) in [5, 5.41) is 12.0. The highest BCUT2D eigenvalue weighted by Gasteiger charge is 2.11. The Morgan fingerprint density at radius 1 is 1.13 bits per heavy atom. The van der Waals surface area contributed by atoms with Crippen LogP contribution in [-0.4, -0.2) is 5.91 Å². The Balaban J connectivity index is 2.26. The summed E-state index contributed by atoms with van der Waals surface area (Å²) < 4.78 is 13.3. The average Bonchev–Trinajstić information content (AvgIpc) is 2.51. The van der Waals surface area contributed by atoms with Gasteiger partial charge >= 0.3 is 0 Å². The van der Waals surface area contributed by atoms with Crippen LogP contribution in [0.3, 0.4) is 0 Å². The van der Waals surface area contributed by atoms with Crippen LogP contribution in [0.2, 0.25) is 0 Å². The van der Waals surface area contributed by atoms with Gasteiger partial charge in [0.2, 0.25) is 0 Å². The molecular weight excluding hydrogens is 291 g/mol. The molecule has 0 bridgehead atoms. The van der Waals surface area contributed by atoms with Crippen LogP contribution in [0.25, 0.3) is 6.08 Å². The largest absolute Gasteiger partial charge is 0.321 e. The first kappa shape index (κ1) is 16.4. The minimum Gasteiger partial charge on any atom is -0.321 e. The van der Waals surface area contributed by atoms with E-state index in [9.17, 15) is 14.4 Å². The van der Waals surface area contributed by atoms with Gasteiger partial charge in [-0.15, -0.1) is 0 Å². The van der Waals surface area contributed by atoms with E-state index < -0.39 is 5.91 Å². The van der Waals surface area contributed by atoms with E-state index in [0.29, 0.717) is 16.8 Å². The topological polar surface area (TPSA) is 52.9 Å². The molecule has 0 spiro atoms. The molecule has 0 aliphatic carbocycles. The van der Waals surface area contributed by atoms with Crippen LogP contribution in [0, 0.1) is 37.9 Å². The van der Waals surface area contributed by atoms with Gasteiger partial charge in [0.1, 0.15) is 17.5 Å². The molecule has 2 aromatic carbocycles. The Labute approximate surface area is 135 Å². The molecule has 0 saturated heterocycles. The minimum atomic E-state index is -0.485. The van der Waals surface area contributed by atoms with E-state index in [4.69, 9.17) is 0 Å². The van der Waals surface area contributed by atoms with Gasteiger partial charge in [0.15, 0.2) is 0 Å². The molecule has 0 unspecified atom stereocenters. The van der Waals surface area contributed by atoms with Gasteiger partial charge < -0.3 is 5.32 Å². The predicted molar refractivity (Wildman–Crippen MR) is 89.3 cm³/mol. The zero-order valence-electron chi connectivity index (χ0n) is 13.3. The molecule has 0 aliphatic rings. The highest BCUT2D eigenvalue weighted by atomic mass is 19.1. The number of amides is 1. The summed E-state index contributed by atoms with van der Waals surface area (Å²) in [5.74, 6) is -0.804. The van der Waals surface area contributed by atoms with E-state index in [0.717, 1.165) is 11.1 Å².